The van der Waals surface area contributed by atoms with E-state index in [1.165, 1.54) is 18.2 Å². The molecule has 0 aromatic heterocycles. The largest absolute Gasteiger partial charge is 0.481 e. The number of aliphatic carboxylic acids is 1. The lowest BCUT2D eigenvalue weighted by Gasteiger charge is -2.22. The molecule has 5 nitrogen and oxygen atoms in total. The fraction of sp³-hybridized carbons (Fsp3) is 0.231. The lowest BCUT2D eigenvalue weighted by molar-refractivity contribution is -0.159. The van der Waals surface area contributed by atoms with E-state index in [9.17, 15) is 27.9 Å². The van der Waals surface area contributed by atoms with E-state index in [4.69, 9.17) is 10.5 Å². The van der Waals surface area contributed by atoms with Crippen molar-refractivity contribution in [1.29, 1.82) is 0 Å². The van der Waals surface area contributed by atoms with Gasteiger partial charge in [-0.2, -0.15) is 13.2 Å². The number of fused-ring (bicyclic) bond motifs is 3. The van der Waals surface area contributed by atoms with Gasteiger partial charge in [-0.1, -0.05) is 66.7 Å². The Hall–Kier alpha value is -3.65. The molecule has 0 saturated heterocycles. The third kappa shape index (κ3) is 4.54. The van der Waals surface area contributed by atoms with Crippen LogP contribution in [0.2, 0.25) is 0 Å². The standard InChI is InChI=1S/C26H22F3NO4/c27-26(28,29)21-12-6-1-7-15(21)13-22(30)23(24(31)32)25(33)34-14-20-18-10-4-2-8-16(18)17-9-3-5-11-19(17)20/h1-12,20,22-23H,13-14,30H2,(H,31,32)/t22-,23+/m0/s1. The van der Waals surface area contributed by atoms with E-state index < -0.39 is 42.1 Å². The number of carboxylic acid groups (broad SMARTS) is 1. The molecule has 4 rings (SSSR count). The number of rotatable bonds is 7. The molecule has 34 heavy (non-hydrogen) atoms. The van der Waals surface area contributed by atoms with Crippen LogP contribution in [-0.4, -0.2) is 29.7 Å². The lowest BCUT2D eigenvalue weighted by atomic mass is 9.91. The van der Waals surface area contributed by atoms with Crippen molar-refractivity contribution in [1.82, 2.24) is 0 Å². The van der Waals surface area contributed by atoms with Gasteiger partial charge in [-0.05, 0) is 40.3 Å². The molecule has 1 aliphatic rings. The topological polar surface area (TPSA) is 89.6 Å². The summed E-state index contributed by atoms with van der Waals surface area (Å²) in [6, 6.07) is 18.7. The first-order chi connectivity index (χ1) is 16.2. The Balaban J connectivity index is 1.51. The number of carboxylic acids is 1. The number of esters is 1. The van der Waals surface area contributed by atoms with E-state index in [0.29, 0.717) is 0 Å². The van der Waals surface area contributed by atoms with Gasteiger partial charge in [0.2, 0.25) is 0 Å². The van der Waals surface area contributed by atoms with Crippen LogP contribution in [0.5, 0.6) is 0 Å². The normalized spacial score (nSPS) is 14.7. The molecule has 0 saturated carbocycles. The Morgan fingerprint density at radius 3 is 2.00 bits per heavy atom. The number of alkyl halides is 3. The molecule has 0 radical (unpaired) electrons. The highest BCUT2D eigenvalue weighted by molar-refractivity contribution is 5.95. The summed E-state index contributed by atoms with van der Waals surface area (Å²) in [5.41, 5.74) is 8.78. The number of halogens is 3. The zero-order chi connectivity index (χ0) is 24.5. The Morgan fingerprint density at radius 2 is 1.44 bits per heavy atom. The van der Waals surface area contributed by atoms with Gasteiger partial charge in [0.1, 0.15) is 6.61 Å². The third-order valence-electron chi connectivity index (χ3n) is 6.08. The van der Waals surface area contributed by atoms with Crippen LogP contribution in [0.3, 0.4) is 0 Å². The lowest BCUT2D eigenvalue weighted by Crippen LogP contribution is -2.43. The maximum Gasteiger partial charge on any atom is 0.416 e. The van der Waals surface area contributed by atoms with Crippen molar-refractivity contribution in [2.45, 2.75) is 24.6 Å². The minimum Gasteiger partial charge on any atom is -0.481 e. The molecule has 2 atom stereocenters. The highest BCUT2D eigenvalue weighted by atomic mass is 19.4. The van der Waals surface area contributed by atoms with Gasteiger partial charge < -0.3 is 15.6 Å². The zero-order valence-electron chi connectivity index (χ0n) is 18.0. The molecular weight excluding hydrogens is 447 g/mol. The first-order valence-corrected chi connectivity index (χ1v) is 10.7. The van der Waals surface area contributed by atoms with Crippen LogP contribution in [0.15, 0.2) is 72.8 Å². The maximum absolute atomic E-state index is 13.3. The van der Waals surface area contributed by atoms with Crippen LogP contribution in [0.4, 0.5) is 13.2 Å². The highest BCUT2D eigenvalue weighted by Gasteiger charge is 2.38. The van der Waals surface area contributed by atoms with Crippen LogP contribution >= 0.6 is 0 Å². The fourth-order valence-corrected chi connectivity index (χ4v) is 4.50. The monoisotopic (exact) mass is 469 g/mol. The fourth-order valence-electron chi connectivity index (χ4n) is 4.50. The quantitative estimate of drug-likeness (QED) is 0.389. The van der Waals surface area contributed by atoms with Crippen molar-refractivity contribution in [3.05, 3.63) is 95.1 Å². The Kier molecular flexibility index (Phi) is 6.43. The molecular formula is C26H22F3NO4. The minimum absolute atomic E-state index is 0.109. The Bertz CT molecular complexity index is 1180. The summed E-state index contributed by atoms with van der Waals surface area (Å²) in [5.74, 6) is -4.72. The number of hydrogen-bond donors (Lipinski definition) is 2. The molecule has 0 amide bonds. The van der Waals surface area contributed by atoms with E-state index in [1.54, 1.807) is 0 Å². The van der Waals surface area contributed by atoms with E-state index in [1.807, 2.05) is 48.5 Å². The summed E-state index contributed by atoms with van der Waals surface area (Å²) in [4.78, 5) is 24.6. The van der Waals surface area contributed by atoms with Gasteiger partial charge in [0.25, 0.3) is 0 Å². The average molecular weight is 469 g/mol. The van der Waals surface area contributed by atoms with Gasteiger partial charge in [-0.25, -0.2) is 0 Å². The van der Waals surface area contributed by atoms with Gasteiger partial charge in [0.05, 0.1) is 5.56 Å². The smallest absolute Gasteiger partial charge is 0.416 e. The van der Waals surface area contributed by atoms with E-state index in [-0.39, 0.29) is 18.1 Å². The van der Waals surface area contributed by atoms with Gasteiger partial charge in [-0.3, -0.25) is 9.59 Å². The molecule has 0 spiro atoms. The van der Waals surface area contributed by atoms with Gasteiger partial charge in [-0.15, -0.1) is 0 Å². The molecule has 0 fully saturated rings. The maximum atomic E-state index is 13.3. The van der Waals surface area contributed by atoms with Crippen molar-refractivity contribution < 1.29 is 32.6 Å². The van der Waals surface area contributed by atoms with E-state index in [0.717, 1.165) is 28.3 Å². The summed E-state index contributed by atoms with van der Waals surface area (Å²) in [6.45, 7) is -0.109. The predicted molar refractivity (Wildman–Crippen MR) is 119 cm³/mol. The van der Waals surface area contributed by atoms with Gasteiger partial charge in [0, 0.05) is 12.0 Å². The summed E-state index contributed by atoms with van der Waals surface area (Å²) < 4.78 is 45.3. The van der Waals surface area contributed by atoms with Crippen LogP contribution < -0.4 is 5.73 Å². The summed E-state index contributed by atoms with van der Waals surface area (Å²) in [7, 11) is 0. The zero-order valence-corrected chi connectivity index (χ0v) is 18.0. The molecule has 8 heteroatoms. The molecule has 3 aromatic carbocycles. The Labute approximate surface area is 194 Å². The second-order valence-corrected chi connectivity index (χ2v) is 8.20. The number of hydrogen-bond acceptors (Lipinski definition) is 4. The average Bonchev–Trinajstić information content (AvgIpc) is 3.11. The number of carbonyl (C=O) groups is 2. The minimum atomic E-state index is -4.63. The summed E-state index contributed by atoms with van der Waals surface area (Å²) >= 11 is 0. The summed E-state index contributed by atoms with van der Waals surface area (Å²) in [5, 5.41) is 9.63. The van der Waals surface area contributed by atoms with Crippen molar-refractivity contribution in [2.75, 3.05) is 6.61 Å². The number of carbonyl (C=O) groups excluding carboxylic acids is 1. The van der Waals surface area contributed by atoms with Crippen LogP contribution in [-0.2, 0) is 26.9 Å². The molecule has 0 unspecified atom stereocenters. The van der Waals surface area contributed by atoms with Crippen molar-refractivity contribution in [2.24, 2.45) is 11.7 Å². The molecule has 1 aliphatic carbocycles. The predicted octanol–water partition coefficient (Wildman–Crippen LogP) is 4.63. The molecule has 176 valence electrons. The van der Waals surface area contributed by atoms with E-state index >= 15 is 0 Å². The molecule has 3 N–H and O–H groups in total. The van der Waals surface area contributed by atoms with Crippen LogP contribution in [0.1, 0.15) is 28.2 Å². The van der Waals surface area contributed by atoms with Crippen molar-refractivity contribution in [3.8, 4) is 11.1 Å². The second kappa shape index (κ2) is 9.30. The molecule has 0 bridgehead atoms. The first-order valence-electron chi connectivity index (χ1n) is 10.7. The molecule has 0 aliphatic heterocycles. The molecule has 3 aromatic rings. The van der Waals surface area contributed by atoms with E-state index in [2.05, 4.69) is 0 Å². The van der Waals surface area contributed by atoms with Gasteiger partial charge >= 0.3 is 18.1 Å². The van der Waals surface area contributed by atoms with Crippen LogP contribution in [0, 0.1) is 5.92 Å². The SMILES string of the molecule is N[C@@H](Cc1ccccc1C(F)(F)F)[C@H](C(=O)O)C(=O)OCC1c2ccccc2-c2ccccc21. The number of ether oxygens (including phenoxy) is 1. The molecule has 0 heterocycles. The highest BCUT2D eigenvalue weighted by Crippen LogP contribution is 2.44. The van der Waals surface area contributed by atoms with Crippen molar-refractivity contribution >= 4 is 11.9 Å². The van der Waals surface area contributed by atoms with Crippen molar-refractivity contribution in [3.63, 3.8) is 0 Å². The van der Waals surface area contributed by atoms with Crippen LogP contribution in [0.25, 0.3) is 11.1 Å². The number of benzene rings is 3. The third-order valence-corrected chi connectivity index (χ3v) is 6.08. The van der Waals surface area contributed by atoms with Gasteiger partial charge in [0.15, 0.2) is 5.92 Å². The Morgan fingerprint density at radius 1 is 0.912 bits per heavy atom. The summed E-state index contributed by atoms with van der Waals surface area (Å²) in [6.07, 6.45) is -5.07. The first kappa shape index (κ1) is 23.5. The second-order valence-electron chi connectivity index (χ2n) is 8.20. The number of nitrogens with two attached hydrogens (primary N) is 1.